The van der Waals surface area contributed by atoms with Crippen LogP contribution in [0.5, 0.6) is 11.6 Å². The third-order valence-corrected chi connectivity index (χ3v) is 3.58. The zero-order chi connectivity index (χ0) is 17.2. The van der Waals surface area contributed by atoms with E-state index in [9.17, 15) is 4.79 Å². The summed E-state index contributed by atoms with van der Waals surface area (Å²) in [6, 6.07) is 1.74. The van der Waals surface area contributed by atoms with Gasteiger partial charge in [-0.3, -0.25) is 0 Å². The third kappa shape index (κ3) is 6.73. The number of carboxylic acid groups (broad SMARTS) is 1. The molecule has 23 heavy (non-hydrogen) atoms. The topological polar surface area (TPSA) is 89.9 Å². The molecule has 0 spiro atoms. The van der Waals surface area contributed by atoms with Crippen LogP contribution >= 0.6 is 0 Å². The number of nitrogens with one attached hydrogen (secondary N) is 1. The molecule has 0 saturated carbocycles. The van der Waals surface area contributed by atoms with Crippen molar-refractivity contribution in [2.24, 2.45) is 5.92 Å². The zero-order valence-corrected chi connectivity index (χ0v) is 14.2. The fourth-order valence-electron chi connectivity index (χ4n) is 2.11. The lowest BCUT2D eigenvalue weighted by Gasteiger charge is -2.20. The van der Waals surface area contributed by atoms with Crippen LogP contribution in [0.25, 0.3) is 0 Å². The largest absolute Gasteiger partial charge is 0.488 e. The molecule has 0 saturated heterocycles. The summed E-state index contributed by atoms with van der Waals surface area (Å²) in [6.45, 7) is 4.98. The number of nitrogens with zero attached hydrogens (tertiary/aromatic N) is 1. The number of amides is 1. The molecule has 0 radical (unpaired) electrons. The van der Waals surface area contributed by atoms with Crippen LogP contribution in [0.15, 0.2) is 12.3 Å². The Morgan fingerprint density at radius 1 is 1.35 bits per heavy atom. The number of ether oxygens (including phenoxy) is 3. The van der Waals surface area contributed by atoms with Gasteiger partial charge >= 0.3 is 6.09 Å². The van der Waals surface area contributed by atoms with Crippen LogP contribution < -0.4 is 14.8 Å². The van der Waals surface area contributed by atoms with Gasteiger partial charge < -0.3 is 24.6 Å². The van der Waals surface area contributed by atoms with E-state index in [0.717, 1.165) is 12.0 Å². The lowest BCUT2D eigenvalue weighted by molar-refractivity contribution is 0.170. The quantitative estimate of drug-likeness (QED) is 0.641. The predicted octanol–water partition coefficient (Wildman–Crippen LogP) is 2.34. The van der Waals surface area contributed by atoms with E-state index in [-0.39, 0.29) is 12.0 Å². The monoisotopic (exact) mass is 326 g/mol. The van der Waals surface area contributed by atoms with Gasteiger partial charge in [0, 0.05) is 32.4 Å². The van der Waals surface area contributed by atoms with E-state index < -0.39 is 6.09 Å². The molecule has 0 bridgehead atoms. The molecule has 2 atom stereocenters. The van der Waals surface area contributed by atoms with Crippen molar-refractivity contribution in [1.82, 2.24) is 10.3 Å². The van der Waals surface area contributed by atoms with Crippen LogP contribution in [0, 0.1) is 5.92 Å². The zero-order valence-electron chi connectivity index (χ0n) is 14.2. The fourth-order valence-corrected chi connectivity index (χ4v) is 2.11. The summed E-state index contributed by atoms with van der Waals surface area (Å²) in [5.74, 6) is 1.16. The molecule has 1 aromatic rings. The number of methoxy groups -OCH3 is 2. The van der Waals surface area contributed by atoms with Crippen LogP contribution in [0.1, 0.15) is 25.8 Å². The lowest BCUT2D eigenvalue weighted by atomic mass is 9.96. The van der Waals surface area contributed by atoms with Crippen molar-refractivity contribution < 1.29 is 24.1 Å². The van der Waals surface area contributed by atoms with Crippen molar-refractivity contribution in [3.63, 3.8) is 0 Å². The maximum atomic E-state index is 10.7. The second-order valence-electron chi connectivity index (χ2n) is 5.47. The molecule has 1 aromatic heterocycles. The van der Waals surface area contributed by atoms with E-state index in [4.69, 9.17) is 19.3 Å². The molecule has 1 rings (SSSR count). The molecule has 0 aliphatic carbocycles. The second kappa shape index (κ2) is 9.89. The van der Waals surface area contributed by atoms with Crippen molar-refractivity contribution >= 4 is 6.09 Å². The lowest BCUT2D eigenvalue weighted by Crippen LogP contribution is -2.36. The molecule has 7 heteroatoms. The molecular formula is C16H26N2O5. The average Bonchev–Trinajstić information content (AvgIpc) is 2.51. The van der Waals surface area contributed by atoms with Crippen molar-refractivity contribution in [2.45, 2.75) is 32.7 Å². The molecule has 0 aliphatic heterocycles. The normalized spacial score (nSPS) is 13.2. The molecule has 0 aliphatic rings. The highest BCUT2D eigenvalue weighted by Gasteiger charge is 2.16. The highest BCUT2D eigenvalue weighted by molar-refractivity contribution is 5.64. The van der Waals surface area contributed by atoms with Crippen LogP contribution in [-0.4, -0.2) is 49.7 Å². The Kier molecular flexibility index (Phi) is 8.18. The first-order valence-electron chi connectivity index (χ1n) is 7.62. The number of hydrogen-bond acceptors (Lipinski definition) is 5. The molecule has 0 unspecified atom stereocenters. The van der Waals surface area contributed by atoms with Gasteiger partial charge in [0.05, 0.1) is 13.7 Å². The highest BCUT2D eigenvalue weighted by Crippen LogP contribution is 2.26. The van der Waals surface area contributed by atoms with Gasteiger partial charge in [-0.2, -0.15) is 0 Å². The summed E-state index contributed by atoms with van der Waals surface area (Å²) in [7, 11) is 3.20. The van der Waals surface area contributed by atoms with Crippen LogP contribution in [0.4, 0.5) is 4.79 Å². The van der Waals surface area contributed by atoms with Crippen LogP contribution in [0.2, 0.25) is 0 Å². The Labute approximate surface area is 137 Å². The minimum absolute atomic E-state index is 0.127. The van der Waals surface area contributed by atoms with Gasteiger partial charge in [-0.25, -0.2) is 9.78 Å². The van der Waals surface area contributed by atoms with E-state index in [2.05, 4.69) is 10.3 Å². The number of rotatable bonds is 10. The van der Waals surface area contributed by atoms with E-state index >= 15 is 0 Å². The van der Waals surface area contributed by atoms with Gasteiger partial charge in [0.15, 0.2) is 5.75 Å². The maximum Gasteiger partial charge on any atom is 0.404 e. The first-order chi connectivity index (χ1) is 11.0. The summed E-state index contributed by atoms with van der Waals surface area (Å²) in [4.78, 5) is 15.0. The van der Waals surface area contributed by atoms with E-state index in [1.807, 2.05) is 19.9 Å². The van der Waals surface area contributed by atoms with Crippen LogP contribution in [-0.2, 0) is 11.2 Å². The summed E-state index contributed by atoms with van der Waals surface area (Å²) >= 11 is 0. The first kappa shape index (κ1) is 19.0. The molecule has 1 amide bonds. The van der Waals surface area contributed by atoms with E-state index in [1.54, 1.807) is 20.4 Å². The van der Waals surface area contributed by atoms with Crippen molar-refractivity contribution in [1.29, 1.82) is 0 Å². The van der Waals surface area contributed by atoms with Gasteiger partial charge in [0.1, 0.15) is 0 Å². The smallest absolute Gasteiger partial charge is 0.404 e. The molecule has 7 nitrogen and oxygen atoms in total. The highest BCUT2D eigenvalue weighted by atomic mass is 16.5. The van der Waals surface area contributed by atoms with E-state index in [0.29, 0.717) is 31.3 Å². The van der Waals surface area contributed by atoms with Gasteiger partial charge in [-0.05, 0) is 30.9 Å². The Morgan fingerprint density at radius 3 is 2.70 bits per heavy atom. The molecule has 0 fully saturated rings. The number of aromatic nitrogens is 1. The van der Waals surface area contributed by atoms with E-state index in [1.165, 1.54) is 0 Å². The standard InChI is InChI=1S/C16H26N2O5/c1-11(12(2)18-16(19)20)8-13-9-14(15(22-4)17-10-13)23-7-5-6-21-3/h9-12,18H,5-8H2,1-4H3,(H,19,20)/t11-,12+/m1/s1. The molecule has 1 heterocycles. The van der Waals surface area contributed by atoms with Crippen molar-refractivity contribution in [2.75, 3.05) is 27.4 Å². The fraction of sp³-hybridized carbons (Fsp3) is 0.625. The minimum atomic E-state index is -1.01. The number of hydrogen-bond donors (Lipinski definition) is 2. The first-order valence-corrected chi connectivity index (χ1v) is 7.62. The third-order valence-electron chi connectivity index (χ3n) is 3.58. The van der Waals surface area contributed by atoms with Crippen molar-refractivity contribution in [3.8, 4) is 11.6 Å². The Hall–Kier alpha value is -2.02. The van der Waals surface area contributed by atoms with Gasteiger partial charge in [-0.15, -0.1) is 0 Å². The molecular weight excluding hydrogens is 300 g/mol. The SMILES string of the molecule is COCCCOc1cc(C[C@@H](C)[C@H](C)NC(=O)O)cnc1OC. The molecule has 2 N–H and O–H groups in total. The van der Waals surface area contributed by atoms with Crippen LogP contribution in [0.3, 0.4) is 0 Å². The summed E-state index contributed by atoms with van der Waals surface area (Å²) in [5, 5.41) is 11.3. The Morgan fingerprint density at radius 2 is 2.09 bits per heavy atom. The van der Waals surface area contributed by atoms with Crippen molar-refractivity contribution in [3.05, 3.63) is 17.8 Å². The summed E-state index contributed by atoms with van der Waals surface area (Å²) in [6.07, 6.45) is 2.18. The summed E-state index contributed by atoms with van der Waals surface area (Å²) < 4.78 is 15.9. The average molecular weight is 326 g/mol. The second-order valence-corrected chi connectivity index (χ2v) is 5.47. The van der Waals surface area contributed by atoms with Gasteiger partial charge in [0.25, 0.3) is 5.88 Å². The number of carbonyl (C=O) groups is 1. The summed E-state index contributed by atoms with van der Waals surface area (Å²) in [5.41, 5.74) is 0.971. The Bertz CT molecular complexity index is 495. The van der Waals surface area contributed by atoms with Gasteiger partial charge in [-0.1, -0.05) is 6.92 Å². The van der Waals surface area contributed by atoms with Gasteiger partial charge in [0.2, 0.25) is 0 Å². The Balaban J connectivity index is 2.70. The predicted molar refractivity (Wildman–Crippen MR) is 86.3 cm³/mol. The maximum absolute atomic E-state index is 10.7. The minimum Gasteiger partial charge on any atom is -0.488 e. The molecule has 0 aromatic carbocycles. The number of pyridine rings is 1. The molecule has 130 valence electrons.